The van der Waals surface area contributed by atoms with Crippen molar-refractivity contribution in [2.45, 2.75) is 33.7 Å². The van der Waals surface area contributed by atoms with Gasteiger partial charge < -0.3 is 20.7 Å². The molecule has 1 atom stereocenters. The van der Waals surface area contributed by atoms with Crippen molar-refractivity contribution in [2.75, 3.05) is 43.1 Å². The molecule has 1 aliphatic heterocycles. The summed E-state index contributed by atoms with van der Waals surface area (Å²) >= 11 is 0. The van der Waals surface area contributed by atoms with Crippen molar-refractivity contribution in [3.05, 3.63) is 24.3 Å². The monoisotopic (exact) mass is 404 g/mol. The van der Waals surface area contributed by atoms with E-state index in [1.807, 2.05) is 32.6 Å². The van der Waals surface area contributed by atoms with E-state index in [-0.39, 0.29) is 24.3 Å². The first-order valence-electron chi connectivity index (χ1n) is 10.0. The highest BCUT2D eigenvalue weighted by atomic mass is 16.5. The van der Waals surface area contributed by atoms with Crippen molar-refractivity contribution < 1.29 is 19.1 Å². The summed E-state index contributed by atoms with van der Waals surface area (Å²) in [4.78, 5) is 40.4. The first kappa shape index (κ1) is 22.8. The summed E-state index contributed by atoms with van der Waals surface area (Å²) in [6.45, 7) is 10.4. The van der Waals surface area contributed by atoms with Gasteiger partial charge in [0.05, 0.1) is 6.61 Å². The zero-order valence-electron chi connectivity index (χ0n) is 17.7. The molecule has 29 heavy (non-hydrogen) atoms. The lowest BCUT2D eigenvalue weighted by Gasteiger charge is -2.31. The van der Waals surface area contributed by atoms with E-state index in [4.69, 9.17) is 10.5 Å². The molecule has 1 fully saturated rings. The number of nitrogens with zero attached hydrogens (tertiary/aromatic N) is 2. The average Bonchev–Trinajstić information content (AvgIpc) is 2.61. The maximum absolute atomic E-state index is 12.9. The summed E-state index contributed by atoms with van der Waals surface area (Å²) in [6.07, 6.45) is 0. The second-order valence-corrected chi connectivity index (χ2v) is 8.18. The van der Waals surface area contributed by atoms with Crippen molar-refractivity contribution in [1.29, 1.82) is 0 Å². The Kier molecular flexibility index (Phi) is 8.16. The molecule has 1 aliphatic rings. The summed E-state index contributed by atoms with van der Waals surface area (Å²) < 4.78 is 5.14. The van der Waals surface area contributed by atoms with Crippen LogP contribution in [0, 0.1) is 11.8 Å². The summed E-state index contributed by atoms with van der Waals surface area (Å²) in [7, 11) is 0. The number of nitrogens with two attached hydrogens (primary N) is 1. The fraction of sp³-hybridized carbons (Fsp3) is 0.571. The van der Waals surface area contributed by atoms with Crippen LogP contribution >= 0.6 is 0 Å². The van der Waals surface area contributed by atoms with Gasteiger partial charge in [-0.1, -0.05) is 27.7 Å². The van der Waals surface area contributed by atoms with E-state index in [2.05, 4.69) is 5.32 Å². The average molecular weight is 405 g/mol. The Morgan fingerprint density at radius 1 is 1.14 bits per heavy atom. The van der Waals surface area contributed by atoms with Crippen LogP contribution in [0.25, 0.3) is 0 Å². The Morgan fingerprint density at radius 3 is 2.21 bits per heavy atom. The van der Waals surface area contributed by atoms with Gasteiger partial charge in [0.1, 0.15) is 6.61 Å². The van der Waals surface area contributed by atoms with Crippen LogP contribution in [0.15, 0.2) is 24.3 Å². The minimum atomic E-state index is -1.04. The minimum Gasteiger partial charge on any atom is -0.370 e. The third-order valence-corrected chi connectivity index (χ3v) is 4.51. The van der Waals surface area contributed by atoms with Crippen molar-refractivity contribution in [2.24, 2.45) is 17.6 Å². The third kappa shape index (κ3) is 6.54. The first-order chi connectivity index (χ1) is 13.7. The molecule has 0 aromatic heterocycles. The molecule has 0 saturated carbocycles. The summed E-state index contributed by atoms with van der Waals surface area (Å²) in [5.41, 5.74) is 6.86. The van der Waals surface area contributed by atoms with Gasteiger partial charge in [-0.25, -0.2) is 0 Å². The Hall–Kier alpha value is -2.45. The molecule has 8 heteroatoms. The van der Waals surface area contributed by atoms with E-state index in [1.54, 1.807) is 29.2 Å². The molecule has 3 amide bonds. The van der Waals surface area contributed by atoms with Gasteiger partial charge in [0.15, 0.2) is 6.04 Å². The Morgan fingerprint density at radius 2 is 1.72 bits per heavy atom. The zero-order valence-corrected chi connectivity index (χ0v) is 17.7. The molecule has 8 nitrogen and oxygen atoms in total. The molecule has 0 spiro atoms. The number of ether oxygens (including phenoxy) is 1. The van der Waals surface area contributed by atoms with Gasteiger partial charge in [-0.15, -0.1) is 0 Å². The maximum atomic E-state index is 12.9. The molecule has 1 aromatic rings. The lowest BCUT2D eigenvalue weighted by molar-refractivity contribution is -0.133. The number of amides is 3. The topological polar surface area (TPSA) is 105 Å². The molecule has 1 heterocycles. The van der Waals surface area contributed by atoms with Gasteiger partial charge in [0.25, 0.3) is 11.8 Å². The molecule has 1 saturated heterocycles. The summed E-state index contributed by atoms with van der Waals surface area (Å²) in [5.74, 6) is -0.643. The van der Waals surface area contributed by atoms with E-state index in [0.717, 1.165) is 5.69 Å². The number of benzene rings is 1. The predicted octanol–water partition coefficient (Wildman–Crippen LogP) is 1.46. The SMILES string of the molecule is CC(C)CN(CC(C)C)[C@H](C(N)=O)C(=O)Nc1ccc(N2CCOCC2=O)cc1. The molecular formula is C21H32N4O4. The molecular weight excluding hydrogens is 372 g/mol. The van der Waals surface area contributed by atoms with Crippen molar-refractivity contribution in [3.63, 3.8) is 0 Å². The zero-order chi connectivity index (χ0) is 21.6. The number of hydrogen-bond acceptors (Lipinski definition) is 5. The van der Waals surface area contributed by atoms with Crippen molar-refractivity contribution in [3.8, 4) is 0 Å². The van der Waals surface area contributed by atoms with Crippen LogP contribution < -0.4 is 16.0 Å². The number of nitrogens with one attached hydrogen (secondary N) is 1. The van der Waals surface area contributed by atoms with E-state index >= 15 is 0 Å². The number of hydrogen-bond donors (Lipinski definition) is 2. The van der Waals surface area contributed by atoms with Crippen LogP contribution in [0.4, 0.5) is 11.4 Å². The fourth-order valence-electron chi connectivity index (χ4n) is 3.42. The Balaban J connectivity index is 2.12. The second-order valence-electron chi connectivity index (χ2n) is 8.18. The largest absolute Gasteiger partial charge is 0.370 e. The van der Waals surface area contributed by atoms with Crippen molar-refractivity contribution >= 4 is 29.1 Å². The molecule has 1 aromatic carbocycles. The highest BCUT2D eigenvalue weighted by Gasteiger charge is 2.32. The Labute approximate surface area is 172 Å². The van der Waals surface area contributed by atoms with E-state index in [0.29, 0.717) is 31.9 Å². The molecule has 160 valence electrons. The molecule has 0 unspecified atom stereocenters. The standard InChI is InChI=1S/C21H32N4O4/c1-14(2)11-24(12-15(3)4)19(20(22)27)21(28)23-16-5-7-17(8-6-16)25-9-10-29-13-18(25)26/h5-8,14-15,19H,9-13H2,1-4H3,(H2,22,27)(H,23,28)/t19-/m1/s1. The van der Waals surface area contributed by atoms with E-state index in [9.17, 15) is 14.4 Å². The molecule has 0 aliphatic carbocycles. The van der Waals surface area contributed by atoms with Gasteiger partial charge in [-0.3, -0.25) is 19.3 Å². The quantitative estimate of drug-likeness (QED) is 0.606. The minimum absolute atomic E-state index is 0.0698. The van der Waals surface area contributed by atoms with Crippen molar-refractivity contribution in [1.82, 2.24) is 4.90 Å². The lowest BCUT2D eigenvalue weighted by atomic mass is 10.1. The van der Waals surface area contributed by atoms with Crippen LogP contribution in [0.1, 0.15) is 27.7 Å². The molecule has 2 rings (SSSR count). The second kappa shape index (κ2) is 10.4. The molecule has 0 radical (unpaired) electrons. The fourth-order valence-corrected chi connectivity index (χ4v) is 3.42. The van der Waals surface area contributed by atoms with Crippen LogP contribution in [0.3, 0.4) is 0 Å². The third-order valence-electron chi connectivity index (χ3n) is 4.51. The van der Waals surface area contributed by atoms with E-state index < -0.39 is 17.9 Å². The summed E-state index contributed by atoms with van der Waals surface area (Å²) in [5, 5.41) is 2.78. The summed E-state index contributed by atoms with van der Waals surface area (Å²) in [6, 6.07) is 5.91. The predicted molar refractivity (Wildman–Crippen MR) is 112 cm³/mol. The highest BCUT2D eigenvalue weighted by Crippen LogP contribution is 2.20. The van der Waals surface area contributed by atoms with Gasteiger partial charge >= 0.3 is 0 Å². The number of carbonyl (C=O) groups is 3. The van der Waals surface area contributed by atoms with Gasteiger partial charge in [0.2, 0.25) is 5.91 Å². The normalized spacial score (nSPS) is 15.8. The number of anilines is 2. The van der Waals surface area contributed by atoms with Gasteiger partial charge in [-0.05, 0) is 36.1 Å². The van der Waals surface area contributed by atoms with Crippen LogP contribution in [0.2, 0.25) is 0 Å². The first-order valence-corrected chi connectivity index (χ1v) is 10.0. The van der Waals surface area contributed by atoms with Crippen LogP contribution in [-0.2, 0) is 19.1 Å². The smallest absolute Gasteiger partial charge is 0.253 e. The number of primary amides is 1. The molecule has 3 N–H and O–H groups in total. The lowest BCUT2D eigenvalue weighted by Crippen LogP contribution is -2.54. The van der Waals surface area contributed by atoms with E-state index in [1.165, 1.54) is 0 Å². The van der Waals surface area contributed by atoms with Gasteiger partial charge in [-0.2, -0.15) is 0 Å². The maximum Gasteiger partial charge on any atom is 0.253 e. The number of rotatable bonds is 9. The molecule has 0 bridgehead atoms. The number of morpholine rings is 1. The van der Waals surface area contributed by atoms with Gasteiger partial charge in [0, 0.05) is 31.0 Å². The Bertz CT molecular complexity index is 708. The van der Waals surface area contributed by atoms with Crippen LogP contribution in [0.5, 0.6) is 0 Å². The van der Waals surface area contributed by atoms with Crippen LogP contribution in [-0.4, -0.2) is 61.5 Å². The highest BCUT2D eigenvalue weighted by molar-refractivity contribution is 6.09. The number of carbonyl (C=O) groups excluding carboxylic acids is 3.